The first-order valence-electron chi connectivity index (χ1n) is 16.0. The highest BCUT2D eigenvalue weighted by Crippen LogP contribution is 2.41. The Morgan fingerprint density at radius 2 is 1.20 bits per heavy atom. The number of carbonyl (C=O) groups is 2. The number of hydrogen-bond donors (Lipinski definition) is 1. The summed E-state index contributed by atoms with van der Waals surface area (Å²) >= 11 is 0. The lowest BCUT2D eigenvalue weighted by Gasteiger charge is -2.29. The Kier molecular flexibility index (Phi) is 15.2. The number of methoxy groups -OCH3 is 1. The van der Waals surface area contributed by atoms with Crippen LogP contribution in [0.2, 0.25) is 0 Å². The molecule has 244 valence electrons. The molecule has 44 heavy (non-hydrogen) atoms. The Bertz CT molecular complexity index is 1200. The van der Waals surface area contributed by atoms with Crippen LogP contribution >= 0.6 is 24.8 Å². The molecule has 2 aromatic rings. The van der Waals surface area contributed by atoms with E-state index in [0.717, 1.165) is 61.2 Å². The topological polar surface area (TPSA) is 80.3 Å². The predicted molar refractivity (Wildman–Crippen MR) is 179 cm³/mol. The standard InChI is InChI=1S/C34H47N3O5.2ClH/c1-40-32-30-24-26(33(38)41-22-10-8-20-36-16-4-2-5-17-36)12-14-28(30)29-15-13-27(25-31(29)35-32)34(39)42-23-11-9-21-37-18-6-3-7-19-37;;/h12-15,24-25,32,35H,2-11,16-23H2,1H3;2*1H. The number of esters is 2. The molecule has 1 atom stereocenters. The average Bonchev–Trinajstić information content (AvgIpc) is 3.04. The molecule has 0 aliphatic carbocycles. The van der Waals surface area contributed by atoms with E-state index in [1.165, 1.54) is 64.7 Å². The lowest BCUT2D eigenvalue weighted by molar-refractivity contribution is 0.0484. The second-order valence-corrected chi connectivity index (χ2v) is 11.8. The molecule has 1 unspecified atom stereocenters. The molecule has 8 nitrogen and oxygen atoms in total. The van der Waals surface area contributed by atoms with Crippen LogP contribution in [0.4, 0.5) is 5.69 Å². The summed E-state index contributed by atoms with van der Waals surface area (Å²) in [4.78, 5) is 30.6. The van der Waals surface area contributed by atoms with Gasteiger partial charge in [-0.2, -0.15) is 0 Å². The molecule has 0 spiro atoms. The number of carbonyl (C=O) groups excluding carboxylic acids is 2. The number of likely N-dealkylation sites (tertiary alicyclic amines) is 2. The van der Waals surface area contributed by atoms with Gasteiger partial charge in [-0.15, -0.1) is 24.8 Å². The van der Waals surface area contributed by atoms with Crippen LogP contribution in [0.3, 0.4) is 0 Å². The molecule has 3 heterocycles. The molecule has 1 N–H and O–H groups in total. The number of nitrogens with zero attached hydrogens (tertiary/aromatic N) is 2. The number of anilines is 1. The monoisotopic (exact) mass is 649 g/mol. The number of piperidine rings is 2. The minimum Gasteiger partial charge on any atom is -0.462 e. The fourth-order valence-electron chi connectivity index (χ4n) is 6.32. The van der Waals surface area contributed by atoms with Crippen molar-refractivity contribution >= 4 is 42.4 Å². The largest absolute Gasteiger partial charge is 0.462 e. The van der Waals surface area contributed by atoms with E-state index in [2.05, 4.69) is 15.1 Å². The van der Waals surface area contributed by atoms with Gasteiger partial charge in [0.1, 0.15) is 0 Å². The maximum atomic E-state index is 12.8. The number of hydrogen-bond acceptors (Lipinski definition) is 8. The number of ether oxygens (including phenoxy) is 3. The number of unbranched alkanes of at least 4 members (excludes halogenated alkanes) is 2. The lowest BCUT2D eigenvalue weighted by Crippen LogP contribution is -2.30. The van der Waals surface area contributed by atoms with Crippen LogP contribution in [0, 0.1) is 0 Å². The van der Waals surface area contributed by atoms with Crippen molar-refractivity contribution in [2.75, 3.05) is 64.9 Å². The first-order valence-corrected chi connectivity index (χ1v) is 16.0. The number of nitrogens with one attached hydrogen (secondary N) is 1. The van der Waals surface area contributed by atoms with E-state index in [0.29, 0.717) is 24.3 Å². The van der Waals surface area contributed by atoms with Gasteiger partial charge in [0.05, 0.1) is 24.3 Å². The zero-order valence-electron chi connectivity index (χ0n) is 26.0. The summed E-state index contributed by atoms with van der Waals surface area (Å²) in [7, 11) is 1.63. The van der Waals surface area contributed by atoms with Gasteiger partial charge in [0, 0.05) is 23.9 Å². The molecule has 3 aliphatic heterocycles. The van der Waals surface area contributed by atoms with Gasteiger partial charge in [-0.3, -0.25) is 0 Å². The van der Waals surface area contributed by atoms with E-state index < -0.39 is 6.23 Å². The van der Waals surface area contributed by atoms with Crippen molar-refractivity contribution in [1.82, 2.24) is 9.80 Å². The van der Waals surface area contributed by atoms with Crippen LogP contribution in [-0.4, -0.2) is 81.3 Å². The van der Waals surface area contributed by atoms with E-state index in [1.807, 2.05) is 30.3 Å². The van der Waals surface area contributed by atoms with Gasteiger partial charge in [0.25, 0.3) is 0 Å². The second kappa shape index (κ2) is 18.6. The molecular formula is C34H49Cl2N3O5. The summed E-state index contributed by atoms with van der Waals surface area (Å²) in [6.07, 6.45) is 11.2. The van der Waals surface area contributed by atoms with Gasteiger partial charge in [0.15, 0.2) is 6.23 Å². The van der Waals surface area contributed by atoms with Crippen molar-refractivity contribution < 1.29 is 23.8 Å². The van der Waals surface area contributed by atoms with Gasteiger partial charge in [-0.1, -0.05) is 25.0 Å². The Morgan fingerprint density at radius 1 is 0.705 bits per heavy atom. The molecule has 0 bridgehead atoms. The number of rotatable bonds is 13. The molecule has 10 heteroatoms. The third-order valence-electron chi connectivity index (χ3n) is 8.74. The highest BCUT2D eigenvalue weighted by molar-refractivity contribution is 5.96. The fourth-order valence-corrected chi connectivity index (χ4v) is 6.32. The van der Waals surface area contributed by atoms with Crippen molar-refractivity contribution in [3.63, 3.8) is 0 Å². The minimum atomic E-state index is -0.453. The van der Waals surface area contributed by atoms with E-state index in [4.69, 9.17) is 14.2 Å². The Balaban J connectivity index is 0.00000264. The van der Waals surface area contributed by atoms with E-state index in [9.17, 15) is 9.59 Å². The highest BCUT2D eigenvalue weighted by Gasteiger charge is 2.26. The average molecular weight is 651 g/mol. The molecule has 2 fully saturated rings. The van der Waals surface area contributed by atoms with Crippen molar-refractivity contribution in [2.24, 2.45) is 0 Å². The molecule has 0 amide bonds. The van der Waals surface area contributed by atoms with Crippen LogP contribution in [0.5, 0.6) is 0 Å². The number of halogens is 2. The second-order valence-electron chi connectivity index (χ2n) is 11.8. The number of fused-ring (bicyclic) bond motifs is 3. The molecule has 2 aromatic carbocycles. The zero-order chi connectivity index (χ0) is 29.1. The third-order valence-corrected chi connectivity index (χ3v) is 8.74. The van der Waals surface area contributed by atoms with E-state index in [1.54, 1.807) is 13.2 Å². The fraction of sp³-hybridized carbons (Fsp3) is 0.588. The van der Waals surface area contributed by atoms with Crippen molar-refractivity contribution in [3.05, 3.63) is 53.1 Å². The quantitative estimate of drug-likeness (QED) is 0.182. The van der Waals surface area contributed by atoms with Crippen LogP contribution in [0.15, 0.2) is 36.4 Å². The smallest absolute Gasteiger partial charge is 0.338 e. The predicted octanol–water partition coefficient (Wildman–Crippen LogP) is 7.11. The third kappa shape index (κ3) is 9.82. The summed E-state index contributed by atoms with van der Waals surface area (Å²) in [5.41, 5.74) is 4.61. The summed E-state index contributed by atoms with van der Waals surface area (Å²) in [6.45, 7) is 7.78. The molecule has 0 aromatic heterocycles. The van der Waals surface area contributed by atoms with Crippen molar-refractivity contribution in [3.8, 4) is 11.1 Å². The summed E-state index contributed by atoms with van der Waals surface area (Å²) < 4.78 is 16.9. The molecular weight excluding hydrogens is 601 g/mol. The van der Waals surface area contributed by atoms with Crippen molar-refractivity contribution in [2.45, 2.75) is 70.4 Å². The van der Waals surface area contributed by atoms with Crippen LogP contribution in [-0.2, 0) is 14.2 Å². The first-order chi connectivity index (χ1) is 20.6. The van der Waals surface area contributed by atoms with Gasteiger partial charge >= 0.3 is 11.9 Å². The summed E-state index contributed by atoms with van der Waals surface area (Å²) in [6, 6.07) is 11.2. The van der Waals surface area contributed by atoms with E-state index in [-0.39, 0.29) is 36.8 Å². The molecule has 3 aliphatic rings. The van der Waals surface area contributed by atoms with Gasteiger partial charge < -0.3 is 29.3 Å². The molecule has 0 saturated carbocycles. The van der Waals surface area contributed by atoms with Gasteiger partial charge in [-0.25, -0.2) is 9.59 Å². The molecule has 0 radical (unpaired) electrons. The van der Waals surface area contributed by atoms with E-state index >= 15 is 0 Å². The Hall–Kier alpha value is -2.36. The van der Waals surface area contributed by atoms with Crippen LogP contribution in [0.25, 0.3) is 11.1 Å². The van der Waals surface area contributed by atoms with Gasteiger partial charge in [0.2, 0.25) is 0 Å². The maximum Gasteiger partial charge on any atom is 0.338 e. The Morgan fingerprint density at radius 3 is 1.73 bits per heavy atom. The minimum absolute atomic E-state index is 0. The SMILES string of the molecule is COC1Nc2cc(C(=O)OCCCCN3CCCCC3)ccc2-c2ccc(C(=O)OCCCCN3CCCCC3)cc21.Cl.Cl. The van der Waals surface area contributed by atoms with Gasteiger partial charge in [-0.05, 0) is 120 Å². The highest BCUT2D eigenvalue weighted by atomic mass is 35.5. The number of benzene rings is 2. The normalized spacial score (nSPS) is 18.1. The Labute approximate surface area is 275 Å². The van der Waals surface area contributed by atoms with Crippen LogP contribution < -0.4 is 5.32 Å². The van der Waals surface area contributed by atoms with Crippen LogP contribution in [0.1, 0.15) is 96.7 Å². The van der Waals surface area contributed by atoms with Crippen molar-refractivity contribution in [1.29, 1.82) is 0 Å². The molecule has 5 rings (SSSR count). The maximum absolute atomic E-state index is 12.8. The lowest BCUT2D eigenvalue weighted by atomic mass is 9.91. The molecule has 2 saturated heterocycles. The summed E-state index contributed by atoms with van der Waals surface area (Å²) in [5, 5.41) is 3.38. The summed E-state index contributed by atoms with van der Waals surface area (Å²) in [5.74, 6) is -0.628. The zero-order valence-corrected chi connectivity index (χ0v) is 27.7. The first kappa shape index (κ1) is 36.1.